The average Bonchev–Trinajstić information content (AvgIpc) is 2.59. The van der Waals surface area contributed by atoms with Crippen LogP contribution < -0.4 is 10.6 Å². The van der Waals surface area contributed by atoms with Crippen LogP contribution in [0, 0.1) is 0 Å². The van der Waals surface area contributed by atoms with Crippen molar-refractivity contribution in [1.29, 1.82) is 0 Å². The second-order valence-corrected chi connectivity index (χ2v) is 3.50. The minimum atomic E-state index is 0.169. The molecule has 4 nitrogen and oxygen atoms in total. The third-order valence-corrected chi connectivity index (χ3v) is 2.61. The van der Waals surface area contributed by atoms with Gasteiger partial charge in [-0.25, -0.2) is 0 Å². The fourth-order valence-corrected chi connectivity index (χ4v) is 1.78. The number of oxime groups is 1. The summed E-state index contributed by atoms with van der Waals surface area (Å²) in [6.07, 6.45) is 1.03. The summed E-state index contributed by atoms with van der Waals surface area (Å²) in [4.78, 5) is 2.20. The van der Waals surface area contributed by atoms with Gasteiger partial charge in [-0.1, -0.05) is 5.16 Å². The molecule has 0 radical (unpaired) electrons. The number of amidine groups is 1. The number of nitrogens with zero attached hydrogens (tertiary/aromatic N) is 2. The summed E-state index contributed by atoms with van der Waals surface area (Å²) < 4.78 is 0. The van der Waals surface area contributed by atoms with Gasteiger partial charge in [-0.15, -0.1) is 0 Å². The molecule has 3 N–H and O–H groups in total. The first kappa shape index (κ1) is 8.87. The molecule has 1 aromatic rings. The van der Waals surface area contributed by atoms with E-state index in [1.54, 1.807) is 0 Å². The molecule has 0 aliphatic carbocycles. The molecule has 0 saturated carbocycles. The monoisotopic (exact) mass is 191 g/mol. The summed E-state index contributed by atoms with van der Waals surface area (Å²) in [5.41, 5.74) is 8.78. The van der Waals surface area contributed by atoms with Crippen molar-refractivity contribution in [2.24, 2.45) is 10.9 Å². The van der Waals surface area contributed by atoms with Crippen LogP contribution in [0.3, 0.4) is 0 Å². The maximum atomic E-state index is 8.54. The fourth-order valence-electron chi connectivity index (χ4n) is 1.78. The van der Waals surface area contributed by atoms with Crippen LogP contribution in [0.25, 0.3) is 0 Å². The number of anilines is 1. The van der Waals surface area contributed by atoms with E-state index in [1.165, 1.54) is 11.3 Å². The Balaban J connectivity index is 2.42. The van der Waals surface area contributed by atoms with Gasteiger partial charge >= 0.3 is 0 Å². The minimum Gasteiger partial charge on any atom is -0.409 e. The second kappa shape index (κ2) is 3.21. The highest BCUT2D eigenvalue weighted by Crippen LogP contribution is 2.27. The highest BCUT2D eigenvalue weighted by atomic mass is 16.4. The number of hydrogen-bond donors (Lipinski definition) is 2. The van der Waals surface area contributed by atoms with Crippen molar-refractivity contribution in [2.45, 2.75) is 6.42 Å². The maximum Gasteiger partial charge on any atom is 0.170 e. The molecule has 1 heterocycles. The van der Waals surface area contributed by atoms with Gasteiger partial charge in [-0.3, -0.25) is 0 Å². The molecule has 1 aliphatic heterocycles. The van der Waals surface area contributed by atoms with Gasteiger partial charge < -0.3 is 15.8 Å². The van der Waals surface area contributed by atoms with Crippen LogP contribution in [-0.4, -0.2) is 24.6 Å². The lowest BCUT2D eigenvalue weighted by molar-refractivity contribution is 0.318. The predicted molar refractivity (Wildman–Crippen MR) is 55.9 cm³/mol. The van der Waals surface area contributed by atoms with Gasteiger partial charge in [0.15, 0.2) is 5.84 Å². The maximum absolute atomic E-state index is 8.54. The Morgan fingerprint density at radius 2 is 2.36 bits per heavy atom. The predicted octanol–water partition coefficient (Wildman–Crippen LogP) is 0.773. The lowest BCUT2D eigenvalue weighted by Crippen LogP contribution is -2.14. The van der Waals surface area contributed by atoms with E-state index in [0.29, 0.717) is 0 Å². The number of rotatable bonds is 1. The molecule has 0 unspecified atom stereocenters. The number of nitrogens with two attached hydrogens (primary N) is 1. The van der Waals surface area contributed by atoms with E-state index >= 15 is 0 Å². The van der Waals surface area contributed by atoms with Crippen molar-refractivity contribution in [3.05, 3.63) is 29.3 Å². The summed E-state index contributed by atoms with van der Waals surface area (Å²) >= 11 is 0. The Bertz CT molecular complexity index is 387. The summed E-state index contributed by atoms with van der Waals surface area (Å²) in [6, 6.07) is 5.86. The van der Waals surface area contributed by atoms with Crippen molar-refractivity contribution < 1.29 is 5.21 Å². The van der Waals surface area contributed by atoms with Crippen LogP contribution in [0.1, 0.15) is 11.1 Å². The Morgan fingerprint density at radius 3 is 3.07 bits per heavy atom. The molecule has 0 bridgehead atoms. The van der Waals surface area contributed by atoms with E-state index in [9.17, 15) is 0 Å². The van der Waals surface area contributed by atoms with Gasteiger partial charge in [0, 0.05) is 24.8 Å². The topological polar surface area (TPSA) is 61.8 Å². The third-order valence-electron chi connectivity index (χ3n) is 2.61. The van der Waals surface area contributed by atoms with Gasteiger partial charge in [0.1, 0.15) is 0 Å². The SMILES string of the molecule is CN1CCc2cc(C(N)=NO)ccc21. The van der Waals surface area contributed by atoms with Gasteiger partial charge in [0.2, 0.25) is 0 Å². The normalized spacial score (nSPS) is 15.8. The molecule has 0 spiro atoms. The minimum absolute atomic E-state index is 0.169. The molecule has 2 rings (SSSR count). The van der Waals surface area contributed by atoms with E-state index in [-0.39, 0.29) is 5.84 Å². The first-order valence-electron chi connectivity index (χ1n) is 4.54. The van der Waals surface area contributed by atoms with Crippen molar-refractivity contribution >= 4 is 11.5 Å². The van der Waals surface area contributed by atoms with E-state index < -0.39 is 0 Å². The molecule has 0 atom stereocenters. The number of benzene rings is 1. The van der Waals surface area contributed by atoms with Crippen molar-refractivity contribution in [1.82, 2.24) is 0 Å². The highest BCUT2D eigenvalue weighted by Gasteiger charge is 2.16. The smallest absolute Gasteiger partial charge is 0.170 e. The van der Waals surface area contributed by atoms with Crippen molar-refractivity contribution in [2.75, 3.05) is 18.5 Å². The number of fused-ring (bicyclic) bond motifs is 1. The summed E-state index contributed by atoms with van der Waals surface area (Å²) in [7, 11) is 2.06. The molecule has 0 amide bonds. The number of hydrogen-bond acceptors (Lipinski definition) is 3. The Labute approximate surface area is 82.6 Å². The first-order valence-corrected chi connectivity index (χ1v) is 4.54. The first-order chi connectivity index (χ1) is 6.72. The molecule has 0 fully saturated rings. The molecular weight excluding hydrogens is 178 g/mol. The van der Waals surface area contributed by atoms with E-state index in [0.717, 1.165) is 18.5 Å². The molecule has 1 aliphatic rings. The lowest BCUT2D eigenvalue weighted by Gasteiger charge is -2.11. The Hall–Kier alpha value is -1.71. The molecule has 74 valence electrons. The quantitative estimate of drug-likeness (QED) is 0.298. The molecule has 0 saturated heterocycles. The van der Waals surface area contributed by atoms with Crippen LogP contribution in [0.15, 0.2) is 23.4 Å². The van der Waals surface area contributed by atoms with E-state index in [2.05, 4.69) is 17.1 Å². The van der Waals surface area contributed by atoms with Crippen LogP contribution in [-0.2, 0) is 6.42 Å². The van der Waals surface area contributed by atoms with Gasteiger partial charge in [-0.2, -0.15) is 0 Å². The zero-order valence-electron chi connectivity index (χ0n) is 8.07. The van der Waals surface area contributed by atoms with E-state index in [1.807, 2.05) is 18.2 Å². The largest absolute Gasteiger partial charge is 0.409 e. The fraction of sp³-hybridized carbons (Fsp3) is 0.300. The van der Waals surface area contributed by atoms with Crippen molar-refractivity contribution in [3.8, 4) is 0 Å². The lowest BCUT2D eigenvalue weighted by atomic mass is 10.1. The standard InChI is InChI=1S/C10H13N3O/c1-13-5-4-7-6-8(10(11)12-14)2-3-9(7)13/h2-3,6,14H,4-5H2,1H3,(H2,11,12). The zero-order chi connectivity index (χ0) is 10.1. The van der Waals surface area contributed by atoms with Crippen LogP contribution in [0.2, 0.25) is 0 Å². The molecule has 14 heavy (non-hydrogen) atoms. The second-order valence-electron chi connectivity index (χ2n) is 3.50. The number of likely N-dealkylation sites (N-methyl/N-ethyl adjacent to an activating group) is 1. The van der Waals surface area contributed by atoms with Crippen LogP contribution >= 0.6 is 0 Å². The van der Waals surface area contributed by atoms with Gasteiger partial charge in [0.25, 0.3) is 0 Å². The average molecular weight is 191 g/mol. The zero-order valence-corrected chi connectivity index (χ0v) is 8.07. The Morgan fingerprint density at radius 1 is 1.57 bits per heavy atom. The Kier molecular flexibility index (Phi) is 2.04. The van der Waals surface area contributed by atoms with E-state index in [4.69, 9.17) is 10.9 Å². The van der Waals surface area contributed by atoms with Crippen LogP contribution in [0.4, 0.5) is 5.69 Å². The summed E-state index contributed by atoms with van der Waals surface area (Å²) in [5.74, 6) is 0.169. The van der Waals surface area contributed by atoms with Crippen LogP contribution in [0.5, 0.6) is 0 Å². The summed E-state index contributed by atoms with van der Waals surface area (Å²) in [6.45, 7) is 1.04. The van der Waals surface area contributed by atoms with Gasteiger partial charge in [0.05, 0.1) is 0 Å². The highest BCUT2D eigenvalue weighted by molar-refractivity contribution is 5.97. The van der Waals surface area contributed by atoms with Gasteiger partial charge in [-0.05, 0) is 30.2 Å². The molecular formula is C10H13N3O. The summed E-state index contributed by atoms with van der Waals surface area (Å²) in [5, 5.41) is 11.5. The molecule has 0 aromatic heterocycles. The third kappa shape index (κ3) is 1.28. The molecule has 1 aromatic carbocycles. The van der Waals surface area contributed by atoms with Crippen molar-refractivity contribution in [3.63, 3.8) is 0 Å². The molecule has 4 heteroatoms.